The number of hydrogen-bond acceptors (Lipinski definition) is 12. The van der Waals surface area contributed by atoms with Gasteiger partial charge in [-0.15, -0.1) is 0 Å². The molecule has 0 aliphatic carbocycles. The molecule has 0 spiro atoms. The molecule has 12 nitrogen and oxygen atoms in total. The number of methoxy groups -OCH3 is 1. The van der Waals surface area contributed by atoms with E-state index in [2.05, 4.69) is 0 Å². The molecule has 0 bridgehead atoms. The van der Waals surface area contributed by atoms with Gasteiger partial charge in [-0.25, -0.2) is 0 Å². The second-order valence-electron chi connectivity index (χ2n) is 7.77. The van der Waals surface area contributed by atoms with Crippen LogP contribution in [0.15, 0.2) is 33.5 Å². The van der Waals surface area contributed by atoms with Gasteiger partial charge in [-0.3, -0.25) is 4.79 Å². The first-order valence-corrected chi connectivity index (χ1v) is 10.0. The third kappa shape index (κ3) is 3.82. The molecule has 0 saturated carbocycles. The van der Waals surface area contributed by atoms with Crippen LogP contribution in [0.1, 0.15) is 6.92 Å². The first-order valence-electron chi connectivity index (χ1n) is 10.0. The smallest absolute Gasteiger partial charge is 0.239 e. The fourth-order valence-electron chi connectivity index (χ4n) is 3.67. The number of aromatic hydroxyl groups is 4. The SMILES string of the molecule is COc1cc(-c2oc3cc(O)cc(O)c3c(=O)c2O[C@@H]2OC(C)[C@H](O)C(O)[C@@H]2O)cc(O)c1O. The van der Waals surface area contributed by atoms with E-state index in [-0.39, 0.29) is 28.0 Å². The largest absolute Gasteiger partial charge is 0.508 e. The van der Waals surface area contributed by atoms with Gasteiger partial charge in [0.1, 0.15) is 40.8 Å². The highest BCUT2D eigenvalue weighted by molar-refractivity contribution is 5.88. The first kappa shape index (κ1) is 23.4. The molecular weight excluding hydrogens is 456 g/mol. The Bertz CT molecular complexity index is 1300. The van der Waals surface area contributed by atoms with Gasteiger partial charge in [0.2, 0.25) is 23.2 Å². The Morgan fingerprint density at radius 3 is 2.29 bits per heavy atom. The molecule has 3 aromatic rings. The Kier molecular flexibility index (Phi) is 5.91. The van der Waals surface area contributed by atoms with Crippen molar-refractivity contribution < 1.29 is 54.4 Å². The molecule has 2 aromatic carbocycles. The molecule has 4 rings (SSSR count). The molecule has 1 fully saturated rings. The normalized spacial score (nSPS) is 24.8. The lowest BCUT2D eigenvalue weighted by Gasteiger charge is -2.38. The number of benzene rings is 2. The predicted molar refractivity (Wildman–Crippen MR) is 114 cm³/mol. The summed E-state index contributed by atoms with van der Waals surface area (Å²) in [5.74, 6) is -3.35. The summed E-state index contributed by atoms with van der Waals surface area (Å²) in [5.41, 5.74) is -1.21. The Morgan fingerprint density at radius 1 is 0.912 bits per heavy atom. The number of phenols is 4. The topological polar surface area (TPSA) is 200 Å². The number of aliphatic hydroxyl groups excluding tert-OH is 3. The maximum absolute atomic E-state index is 13.3. The highest BCUT2D eigenvalue weighted by Gasteiger charge is 2.44. The van der Waals surface area contributed by atoms with E-state index >= 15 is 0 Å². The van der Waals surface area contributed by atoms with Gasteiger partial charge in [0, 0.05) is 17.7 Å². The van der Waals surface area contributed by atoms with E-state index in [1.165, 1.54) is 20.1 Å². The molecule has 1 saturated heterocycles. The minimum atomic E-state index is -1.77. The Morgan fingerprint density at radius 2 is 1.62 bits per heavy atom. The van der Waals surface area contributed by atoms with Crippen LogP contribution in [0.5, 0.6) is 34.5 Å². The number of rotatable bonds is 4. The summed E-state index contributed by atoms with van der Waals surface area (Å²) < 4.78 is 21.7. The quantitative estimate of drug-likeness (QED) is 0.257. The zero-order valence-electron chi connectivity index (χ0n) is 17.9. The molecule has 182 valence electrons. The monoisotopic (exact) mass is 478 g/mol. The molecule has 7 N–H and O–H groups in total. The predicted octanol–water partition coefficient (Wildman–Crippen LogP) is 0.497. The molecule has 0 radical (unpaired) electrons. The first-order chi connectivity index (χ1) is 16.0. The van der Waals surface area contributed by atoms with Crippen LogP contribution >= 0.6 is 0 Å². The van der Waals surface area contributed by atoms with E-state index in [0.29, 0.717) is 0 Å². The summed E-state index contributed by atoms with van der Waals surface area (Å²) in [6.45, 7) is 1.41. The second kappa shape index (κ2) is 8.57. The van der Waals surface area contributed by atoms with Crippen LogP contribution in [0.2, 0.25) is 0 Å². The van der Waals surface area contributed by atoms with Gasteiger partial charge in [-0.05, 0) is 19.1 Å². The summed E-state index contributed by atoms with van der Waals surface area (Å²) in [6.07, 6.45) is -7.48. The number of aliphatic hydroxyl groups is 3. The average molecular weight is 478 g/mol. The molecule has 1 aromatic heterocycles. The fourth-order valence-corrected chi connectivity index (χ4v) is 3.67. The zero-order valence-corrected chi connectivity index (χ0v) is 17.9. The summed E-state index contributed by atoms with van der Waals surface area (Å²) in [5, 5.41) is 70.1. The molecule has 1 aliphatic rings. The van der Waals surface area contributed by atoms with Gasteiger partial charge < -0.3 is 54.4 Å². The van der Waals surface area contributed by atoms with Gasteiger partial charge in [0.05, 0.1) is 13.2 Å². The van der Waals surface area contributed by atoms with Crippen molar-refractivity contribution in [3.8, 4) is 45.8 Å². The van der Waals surface area contributed by atoms with E-state index in [0.717, 1.165) is 18.2 Å². The maximum atomic E-state index is 13.3. The number of ether oxygens (including phenoxy) is 3. The average Bonchev–Trinajstić information content (AvgIpc) is 2.78. The molecule has 5 atom stereocenters. The summed E-state index contributed by atoms with van der Waals surface area (Å²) >= 11 is 0. The van der Waals surface area contributed by atoms with Crippen molar-refractivity contribution in [2.45, 2.75) is 37.6 Å². The molecule has 34 heavy (non-hydrogen) atoms. The lowest BCUT2D eigenvalue weighted by molar-refractivity contribution is -0.268. The van der Waals surface area contributed by atoms with Crippen LogP contribution in [-0.2, 0) is 4.74 Å². The Hall–Kier alpha value is -3.71. The van der Waals surface area contributed by atoms with E-state index in [9.17, 15) is 40.5 Å². The maximum Gasteiger partial charge on any atom is 0.239 e. The van der Waals surface area contributed by atoms with Crippen molar-refractivity contribution in [3.05, 3.63) is 34.5 Å². The van der Waals surface area contributed by atoms with Crippen molar-refractivity contribution >= 4 is 11.0 Å². The lowest BCUT2D eigenvalue weighted by atomic mass is 10.00. The molecule has 0 amide bonds. The van der Waals surface area contributed by atoms with Crippen molar-refractivity contribution in [3.63, 3.8) is 0 Å². The molecule has 12 heteroatoms. The third-order valence-electron chi connectivity index (χ3n) is 5.50. The van der Waals surface area contributed by atoms with Gasteiger partial charge in [0.15, 0.2) is 17.3 Å². The number of fused-ring (bicyclic) bond motifs is 1. The summed E-state index contributed by atoms with van der Waals surface area (Å²) in [4.78, 5) is 13.3. The van der Waals surface area contributed by atoms with Crippen LogP contribution < -0.4 is 14.9 Å². The highest BCUT2D eigenvalue weighted by Crippen LogP contribution is 2.43. The van der Waals surface area contributed by atoms with Crippen LogP contribution in [0, 0.1) is 0 Å². The van der Waals surface area contributed by atoms with Gasteiger partial charge in [-0.2, -0.15) is 0 Å². The molecule has 2 unspecified atom stereocenters. The van der Waals surface area contributed by atoms with E-state index in [1.807, 2.05) is 0 Å². The van der Waals surface area contributed by atoms with Crippen LogP contribution in [-0.4, -0.2) is 73.6 Å². The third-order valence-corrected chi connectivity index (χ3v) is 5.50. The van der Waals surface area contributed by atoms with Crippen LogP contribution in [0.3, 0.4) is 0 Å². The van der Waals surface area contributed by atoms with E-state index in [1.54, 1.807) is 0 Å². The van der Waals surface area contributed by atoms with Crippen molar-refractivity contribution in [1.82, 2.24) is 0 Å². The van der Waals surface area contributed by atoms with E-state index < -0.39 is 64.9 Å². The van der Waals surface area contributed by atoms with Gasteiger partial charge in [0.25, 0.3) is 0 Å². The Balaban J connectivity index is 1.96. The van der Waals surface area contributed by atoms with Gasteiger partial charge >= 0.3 is 0 Å². The molecular formula is C22H22O12. The summed E-state index contributed by atoms with van der Waals surface area (Å²) in [7, 11) is 1.22. The summed E-state index contributed by atoms with van der Waals surface area (Å²) in [6, 6.07) is 4.23. The zero-order chi connectivity index (χ0) is 24.9. The number of hydrogen-bond donors (Lipinski definition) is 7. The second-order valence-corrected chi connectivity index (χ2v) is 7.77. The van der Waals surface area contributed by atoms with Crippen molar-refractivity contribution in [1.29, 1.82) is 0 Å². The van der Waals surface area contributed by atoms with Gasteiger partial charge in [-0.1, -0.05) is 0 Å². The minimum Gasteiger partial charge on any atom is -0.508 e. The standard InChI is InChI=1S/C22H22O12/c1-7-15(26)18(29)19(30)22(32-7)34-21-17(28)14-10(24)5-9(23)6-12(14)33-20(21)8-3-11(25)16(27)13(4-8)31-2/h3-7,15,18-19,22-27,29-30H,1-2H3/t7?,15-,18?,19-,22-/m0/s1. The number of phenolic OH excluding ortho intramolecular Hbond substituents is 4. The molecule has 1 aliphatic heterocycles. The van der Waals surface area contributed by atoms with Crippen LogP contribution in [0.4, 0.5) is 0 Å². The lowest BCUT2D eigenvalue weighted by Crippen LogP contribution is -2.58. The van der Waals surface area contributed by atoms with Crippen LogP contribution in [0.25, 0.3) is 22.3 Å². The fraction of sp³-hybridized carbons (Fsp3) is 0.318. The van der Waals surface area contributed by atoms with E-state index in [4.69, 9.17) is 18.6 Å². The Labute approximate surface area is 191 Å². The van der Waals surface area contributed by atoms with Crippen molar-refractivity contribution in [2.24, 2.45) is 0 Å². The minimum absolute atomic E-state index is 0.0251. The molecule has 2 heterocycles. The van der Waals surface area contributed by atoms with Crippen molar-refractivity contribution in [2.75, 3.05) is 7.11 Å². The highest BCUT2D eigenvalue weighted by atomic mass is 16.7.